The topological polar surface area (TPSA) is 131 Å². The summed E-state index contributed by atoms with van der Waals surface area (Å²) in [5, 5.41) is 28.5. The molecule has 8 heteroatoms. The van der Waals surface area contributed by atoms with Crippen molar-refractivity contribution in [2.45, 2.75) is 37.6 Å². The quantitative estimate of drug-likeness (QED) is 0.451. The minimum atomic E-state index is -1.38. The first-order valence-electron chi connectivity index (χ1n) is 5.36. The van der Waals surface area contributed by atoms with Crippen LogP contribution in [-0.4, -0.2) is 58.7 Å². The van der Waals surface area contributed by atoms with Crippen molar-refractivity contribution in [2.75, 3.05) is 6.61 Å². The van der Waals surface area contributed by atoms with E-state index in [1.54, 1.807) is 0 Å². The van der Waals surface area contributed by atoms with Crippen LogP contribution in [0.4, 0.5) is 4.79 Å². The van der Waals surface area contributed by atoms with Gasteiger partial charge in [-0.05, 0) is 13.0 Å². The maximum Gasteiger partial charge on any atom is 0.404 e. The average Bonchev–Trinajstić information content (AvgIpc) is 2.32. The van der Waals surface area contributed by atoms with Crippen molar-refractivity contribution in [3.63, 3.8) is 0 Å². The summed E-state index contributed by atoms with van der Waals surface area (Å²) in [5.41, 5.74) is 4.73. The van der Waals surface area contributed by atoms with Crippen LogP contribution in [0.3, 0.4) is 0 Å². The van der Waals surface area contributed by atoms with Crippen molar-refractivity contribution in [1.29, 1.82) is 0 Å². The lowest BCUT2D eigenvalue weighted by molar-refractivity contribution is -0.279. The largest absolute Gasteiger partial charge is 0.470 e. The van der Waals surface area contributed by atoms with Gasteiger partial charge in [0.15, 0.2) is 0 Å². The first-order valence-corrected chi connectivity index (χ1v) is 5.36. The van der Waals surface area contributed by atoms with Crippen molar-refractivity contribution in [2.24, 2.45) is 5.73 Å². The Morgan fingerprint density at radius 3 is 2.61 bits per heavy atom. The average molecular weight is 263 g/mol. The standard InChI is InChI=1S/C10H17NO7/c1-5-6(12)7(13)8(14)9(18-5)16-3-2-4-17-10(11)15/h2-3,5-9,12-14H,4H2,1H3,(H2,11,15)/t5-,6-,7+,8-,9?/m1/s1. The molecule has 1 unspecified atom stereocenters. The van der Waals surface area contributed by atoms with Crippen molar-refractivity contribution < 1.29 is 34.3 Å². The number of hydrogen-bond donors (Lipinski definition) is 4. The summed E-state index contributed by atoms with van der Waals surface area (Å²) in [6, 6.07) is 0. The number of carbonyl (C=O) groups excluding carboxylic acids is 1. The van der Waals surface area contributed by atoms with E-state index in [2.05, 4.69) is 4.74 Å². The number of rotatable bonds is 4. The lowest BCUT2D eigenvalue weighted by Gasteiger charge is -2.38. The Bertz CT molecular complexity index is 309. The fraction of sp³-hybridized carbons (Fsp3) is 0.700. The van der Waals surface area contributed by atoms with E-state index >= 15 is 0 Å². The van der Waals surface area contributed by atoms with Gasteiger partial charge in [-0.15, -0.1) is 0 Å². The Hall–Kier alpha value is -1.35. The highest BCUT2D eigenvalue weighted by atomic mass is 16.7. The maximum absolute atomic E-state index is 10.2. The molecule has 1 rings (SSSR count). The molecular weight excluding hydrogens is 246 g/mol. The summed E-state index contributed by atoms with van der Waals surface area (Å²) in [6.45, 7) is 1.45. The first-order chi connectivity index (χ1) is 8.43. The summed E-state index contributed by atoms with van der Waals surface area (Å²) in [7, 11) is 0. The van der Waals surface area contributed by atoms with E-state index in [4.69, 9.17) is 15.2 Å². The minimum Gasteiger partial charge on any atom is -0.470 e. The maximum atomic E-state index is 10.2. The molecule has 0 aromatic carbocycles. The number of aliphatic hydroxyl groups is 3. The van der Waals surface area contributed by atoms with Gasteiger partial charge in [-0.1, -0.05) is 0 Å². The van der Waals surface area contributed by atoms with E-state index in [-0.39, 0.29) is 6.61 Å². The Balaban J connectivity index is 2.39. The predicted octanol–water partition coefficient (Wildman–Crippen LogP) is -1.56. The van der Waals surface area contributed by atoms with E-state index in [1.807, 2.05) is 0 Å². The molecular formula is C10H17NO7. The van der Waals surface area contributed by atoms with Crippen LogP contribution >= 0.6 is 0 Å². The number of amides is 1. The van der Waals surface area contributed by atoms with Crippen molar-refractivity contribution in [3.05, 3.63) is 12.3 Å². The molecule has 0 saturated carbocycles. The Morgan fingerprint density at radius 1 is 1.33 bits per heavy atom. The number of ether oxygens (including phenoxy) is 3. The lowest BCUT2D eigenvalue weighted by atomic mass is 10.0. The molecule has 104 valence electrons. The van der Waals surface area contributed by atoms with Crippen LogP contribution < -0.4 is 5.73 Å². The molecule has 5 N–H and O–H groups in total. The fourth-order valence-corrected chi connectivity index (χ4v) is 1.43. The molecule has 1 fully saturated rings. The van der Waals surface area contributed by atoms with E-state index in [0.29, 0.717) is 0 Å². The molecule has 0 spiro atoms. The smallest absolute Gasteiger partial charge is 0.404 e. The summed E-state index contributed by atoms with van der Waals surface area (Å²) < 4.78 is 14.5. The van der Waals surface area contributed by atoms with Crippen LogP contribution in [0.1, 0.15) is 6.92 Å². The second kappa shape index (κ2) is 6.55. The van der Waals surface area contributed by atoms with Crippen LogP contribution in [0.2, 0.25) is 0 Å². The van der Waals surface area contributed by atoms with Crippen LogP contribution in [0.5, 0.6) is 0 Å². The molecule has 0 bridgehead atoms. The number of carbonyl (C=O) groups is 1. The van der Waals surface area contributed by atoms with E-state index in [1.165, 1.54) is 13.0 Å². The van der Waals surface area contributed by atoms with Gasteiger partial charge in [0.2, 0.25) is 6.29 Å². The van der Waals surface area contributed by atoms with E-state index in [9.17, 15) is 20.1 Å². The second-order valence-electron chi connectivity index (χ2n) is 3.82. The molecule has 1 amide bonds. The summed E-state index contributed by atoms with van der Waals surface area (Å²) in [4.78, 5) is 10.2. The Kier molecular flexibility index (Phi) is 5.35. The van der Waals surface area contributed by atoms with Crippen molar-refractivity contribution in [3.8, 4) is 0 Å². The molecule has 1 heterocycles. The monoisotopic (exact) mass is 263 g/mol. The zero-order chi connectivity index (χ0) is 13.7. The van der Waals surface area contributed by atoms with Gasteiger partial charge >= 0.3 is 6.09 Å². The second-order valence-corrected chi connectivity index (χ2v) is 3.82. The van der Waals surface area contributed by atoms with Gasteiger partial charge in [0.25, 0.3) is 0 Å². The number of primary amides is 1. The number of nitrogens with two attached hydrogens (primary N) is 1. The van der Waals surface area contributed by atoms with Gasteiger partial charge in [-0.3, -0.25) is 0 Å². The van der Waals surface area contributed by atoms with Crippen molar-refractivity contribution in [1.82, 2.24) is 0 Å². The SMILES string of the molecule is C[C@H]1OC(OC=CCOC(N)=O)[C@H](O)[C@@H](O)[C@@H]1O. The number of aliphatic hydroxyl groups excluding tert-OH is 3. The summed E-state index contributed by atoms with van der Waals surface area (Å²) in [6.07, 6.45) is -4.13. The molecule has 0 aliphatic carbocycles. The van der Waals surface area contributed by atoms with Crippen LogP contribution in [0.15, 0.2) is 12.3 Å². The predicted molar refractivity (Wildman–Crippen MR) is 58.1 cm³/mol. The van der Waals surface area contributed by atoms with Gasteiger partial charge in [0.05, 0.1) is 12.4 Å². The van der Waals surface area contributed by atoms with Gasteiger partial charge < -0.3 is 35.3 Å². The highest BCUT2D eigenvalue weighted by Gasteiger charge is 2.42. The third-order valence-electron chi connectivity index (χ3n) is 2.44. The molecule has 0 aromatic rings. The van der Waals surface area contributed by atoms with Crippen molar-refractivity contribution >= 4 is 6.09 Å². The fourth-order valence-electron chi connectivity index (χ4n) is 1.43. The molecule has 8 nitrogen and oxygen atoms in total. The normalized spacial score (nSPS) is 36.6. The number of hydrogen-bond acceptors (Lipinski definition) is 7. The lowest BCUT2D eigenvalue weighted by Crippen LogP contribution is -2.56. The molecule has 0 radical (unpaired) electrons. The van der Waals surface area contributed by atoms with Gasteiger partial charge in [-0.2, -0.15) is 0 Å². The first kappa shape index (κ1) is 14.7. The summed E-state index contributed by atoms with van der Waals surface area (Å²) in [5.74, 6) is 0. The Morgan fingerprint density at radius 2 is 2.00 bits per heavy atom. The van der Waals surface area contributed by atoms with Gasteiger partial charge in [-0.25, -0.2) is 4.79 Å². The molecule has 18 heavy (non-hydrogen) atoms. The van der Waals surface area contributed by atoms with E-state index < -0.39 is 36.8 Å². The van der Waals surface area contributed by atoms with Gasteiger partial charge in [0, 0.05) is 0 Å². The minimum absolute atomic E-state index is 0.0844. The van der Waals surface area contributed by atoms with Crippen LogP contribution in [0, 0.1) is 0 Å². The molecule has 1 saturated heterocycles. The highest BCUT2D eigenvalue weighted by Crippen LogP contribution is 2.21. The summed E-state index contributed by atoms with van der Waals surface area (Å²) >= 11 is 0. The van der Waals surface area contributed by atoms with Gasteiger partial charge in [0.1, 0.15) is 24.9 Å². The third-order valence-corrected chi connectivity index (χ3v) is 2.44. The van der Waals surface area contributed by atoms with Crippen LogP contribution in [-0.2, 0) is 14.2 Å². The molecule has 1 aliphatic heterocycles. The molecule has 0 aromatic heterocycles. The van der Waals surface area contributed by atoms with E-state index in [0.717, 1.165) is 6.26 Å². The van der Waals surface area contributed by atoms with Crippen LogP contribution in [0.25, 0.3) is 0 Å². The Labute approximate surface area is 104 Å². The zero-order valence-electron chi connectivity index (χ0n) is 9.80. The third kappa shape index (κ3) is 3.84. The zero-order valence-corrected chi connectivity index (χ0v) is 9.80. The molecule has 1 aliphatic rings. The highest BCUT2D eigenvalue weighted by molar-refractivity contribution is 5.64. The molecule has 5 atom stereocenters.